The summed E-state index contributed by atoms with van der Waals surface area (Å²) < 4.78 is 0. The summed E-state index contributed by atoms with van der Waals surface area (Å²) in [5.74, 6) is 0.0632. The maximum Gasteiger partial charge on any atom is 0.325 e. The van der Waals surface area contributed by atoms with E-state index in [-0.39, 0.29) is 18.4 Å². The first kappa shape index (κ1) is 19.9. The largest absolute Gasteiger partial charge is 0.368 e. The standard InChI is InChI=1S/C22H23N5O2S/c28-20(27-13-11-26(12-14-27)19-9-5-2-6-10-19)15-18-16-30-22(24-18)25-21(29)23-17-7-3-1-4-8-17/h1-10,16H,11-15H2,(H2,23,24,25,29). The van der Waals surface area contributed by atoms with E-state index in [1.54, 1.807) is 0 Å². The molecule has 0 aliphatic carbocycles. The Kier molecular flexibility index (Phi) is 6.24. The first-order valence-electron chi connectivity index (χ1n) is 9.82. The molecule has 0 spiro atoms. The third-order valence-corrected chi connectivity index (χ3v) is 5.70. The van der Waals surface area contributed by atoms with Crippen molar-refractivity contribution < 1.29 is 9.59 Å². The lowest BCUT2D eigenvalue weighted by Crippen LogP contribution is -2.49. The predicted molar refractivity (Wildman–Crippen MR) is 120 cm³/mol. The summed E-state index contributed by atoms with van der Waals surface area (Å²) in [4.78, 5) is 33.3. The molecule has 7 nitrogen and oxygen atoms in total. The Bertz CT molecular complexity index is 985. The zero-order valence-corrected chi connectivity index (χ0v) is 17.3. The average molecular weight is 422 g/mol. The Morgan fingerprint density at radius 2 is 1.57 bits per heavy atom. The van der Waals surface area contributed by atoms with Crippen molar-refractivity contribution in [3.63, 3.8) is 0 Å². The van der Waals surface area contributed by atoms with Gasteiger partial charge in [0, 0.05) is 42.9 Å². The van der Waals surface area contributed by atoms with Gasteiger partial charge >= 0.3 is 6.03 Å². The average Bonchev–Trinajstić information content (AvgIpc) is 3.21. The van der Waals surface area contributed by atoms with Crippen LogP contribution in [0.2, 0.25) is 0 Å². The van der Waals surface area contributed by atoms with E-state index in [0.29, 0.717) is 29.6 Å². The molecular weight excluding hydrogens is 398 g/mol. The van der Waals surface area contributed by atoms with Crippen molar-refractivity contribution in [3.8, 4) is 0 Å². The second-order valence-electron chi connectivity index (χ2n) is 6.97. The molecule has 3 amide bonds. The molecule has 0 bridgehead atoms. The maximum absolute atomic E-state index is 12.7. The highest BCUT2D eigenvalue weighted by atomic mass is 32.1. The van der Waals surface area contributed by atoms with E-state index in [4.69, 9.17) is 0 Å². The van der Waals surface area contributed by atoms with Gasteiger partial charge in [0.1, 0.15) is 0 Å². The van der Waals surface area contributed by atoms with Crippen LogP contribution in [-0.2, 0) is 11.2 Å². The minimum atomic E-state index is -0.356. The lowest BCUT2D eigenvalue weighted by atomic mass is 10.2. The minimum absolute atomic E-state index is 0.0632. The molecular formula is C22H23N5O2S. The number of urea groups is 1. The van der Waals surface area contributed by atoms with Gasteiger partial charge in [-0.25, -0.2) is 9.78 Å². The molecule has 1 fully saturated rings. The third kappa shape index (κ3) is 5.15. The van der Waals surface area contributed by atoms with E-state index in [0.717, 1.165) is 13.1 Å². The van der Waals surface area contributed by atoms with E-state index in [9.17, 15) is 9.59 Å². The number of amides is 3. The van der Waals surface area contributed by atoms with E-state index < -0.39 is 0 Å². The molecule has 30 heavy (non-hydrogen) atoms. The first-order valence-corrected chi connectivity index (χ1v) is 10.7. The van der Waals surface area contributed by atoms with Crippen molar-refractivity contribution in [2.75, 3.05) is 41.7 Å². The summed E-state index contributed by atoms with van der Waals surface area (Å²) in [6.45, 7) is 3.03. The fraction of sp³-hybridized carbons (Fsp3) is 0.227. The monoisotopic (exact) mass is 421 g/mol. The number of aromatic nitrogens is 1. The summed E-state index contributed by atoms with van der Waals surface area (Å²) in [5.41, 5.74) is 2.57. The van der Waals surface area contributed by atoms with E-state index in [1.807, 2.05) is 58.8 Å². The van der Waals surface area contributed by atoms with Gasteiger partial charge in [0.25, 0.3) is 0 Å². The van der Waals surface area contributed by atoms with Gasteiger partial charge in [-0.3, -0.25) is 10.1 Å². The minimum Gasteiger partial charge on any atom is -0.368 e. The lowest BCUT2D eigenvalue weighted by molar-refractivity contribution is -0.130. The van der Waals surface area contributed by atoms with Gasteiger partial charge in [0.15, 0.2) is 5.13 Å². The van der Waals surface area contributed by atoms with Gasteiger partial charge in [0.2, 0.25) is 5.91 Å². The zero-order valence-electron chi connectivity index (χ0n) is 16.5. The molecule has 2 aromatic carbocycles. The summed E-state index contributed by atoms with van der Waals surface area (Å²) in [6, 6.07) is 19.1. The number of anilines is 3. The molecule has 0 unspecified atom stereocenters. The summed E-state index contributed by atoms with van der Waals surface area (Å²) in [7, 11) is 0. The van der Waals surface area contributed by atoms with Gasteiger partial charge in [0.05, 0.1) is 12.1 Å². The normalized spacial score (nSPS) is 13.7. The molecule has 0 radical (unpaired) electrons. The first-order chi connectivity index (χ1) is 14.7. The predicted octanol–water partition coefficient (Wildman–Crippen LogP) is 3.68. The third-order valence-electron chi connectivity index (χ3n) is 4.89. The molecule has 2 heterocycles. The van der Waals surface area contributed by atoms with Gasteiger partial charge in [-0.1, -0.05) is 36.4 Å². The number of para-hydroxylation sites is 2. The van der Waals surface area contributed by atoms with Crippen LogP contribution in [0.5, 0.6) is 0 Å². The van der Waals surface area contributed by atoms with Crippen LogP contribution in [0.1, 0.15) is 5.69 Å². The lowest BCUT2D eigenvalue weighted by Gasteiger charge is -2.36. The molecule has 8 heteroatoms. The molecule has 3 aromatic rings. The quantitative estimate of drug-likeness (QED) is 0.659. The number of hydrogen-bond acceptors (Lipinski definition) is 5. The molecule has 2 N–H and O–H groups in total. The Balaban J connectivity index is 1.25. The number of thiazole rings is 1. The van der Waals surface area contributed by atoms with Crippen LogP contribution in [0, 0.1) is 0 Å². The van der Waals surface area contributed by atoms with Crippen molar-refractivity contribution in [2.24, 2.45) is 0 Å². The maximum atomic E-state index is 12.7. The van der Waals surface area contributed by atoms with Crippen molar-refractivity contribution in [2.45, 2.75) is 6.42 Å². The molecule has 4 rings (SSSR count). The summed E-state index contributed by atoms with van der Waals surface area (Å²) in [5, 5.41) is 7.75. The van der Waals surface area contributed by atoms with Crippen molar-refractivity contribution in [3.05, 3.63) is 71.7 Å². The second-order valence-corrected chi connectivity index (χ2v) is 7.83. The van der Waals surface area contributed by atoms with Gasteiger partial charge in [-0.2, -0.15) is 0 Å². The molecule has 1 aliphatic rings. The highest BCUT2D eigenvalue weighted by Gasteiger charge is 2.22. The Morgan fingerprint density at radius 3 is 2.27 bits per heavy atom. The van der Waals surface area contributed by atoms with E-state index >= 15 is 0 Å². The highest BCUT2D eigenvalue weighted by molar-refractivity contribution is 7.14. The van der Waals surface area contributed by atoms with Crippen LogP contribution < -0.4 is 15.5 Å². The molecule has 154 valence electrons. The topological polar surface area (TPSA) is 77.6 Å². The van der Waals surface area contributed by atoms with E-state index in [2.05, 4.69) is 32.7 Å². The zero-order chi connectivity index (χ0) is 20.8. The fourth-order valence-corrected chi connectivity index (χ4v) is 4.05. The van der Waals surface area contributed by atoms with Crippen molar-refractivity contribution in [1.82, 2.24) is 9.88 Å². The number of nitrogens with one attached hydrogen (secondary N) is 2. The summed E-state index contributed by atoms with van der Waals surface area (Å²) in [6.07, 6.45) is 0.240. The number of benzene rings is 2. The summed E-state index contributed by atoms with van der Waals surface area (Å²) >= 11 is 1.31. The Labute approximate surface area is 179 Å². The molecule has 1 aliphatic heterocycles. The number of carbonyl (C=O) groups is 2. The van der Waals surface area contributed by atoms with Crippen molar-refractivity contribution in [1.29, 1.82) is 0 Å². The number of carbonyl (C=O) groups excluding carboxylic acids is 2. The Hall–Kier alpha value is -3.39. The molecule has 0 atom stereocenters. The van der Waals surface area contributed by atoms with Crippen LogP contribution in [0.15, 0.2) is 66.0 Å². The van der Waals surface area contributed by atoms with Gasteiger partial charge in [-0.15, -0.1) is 11.3 Å². The number of hydrogen-bond donors (Lipinski definition) is 2. The van der Waals surface area contributed by atoms with Crippen LogP contribution in [-0.4, -0.2) is 48.0 Å². The second kappa shape index (κ2) is 9.41. The molecule has 1 saturated heterocycles. The number of piperazine rings is 1. The smallest absolute Gasteiger partial charge is 0.325 e. The van der Waals surface area contributed by atoms with Crippen LogP contribution in [0.3, 0.4) is 0 Å². The SMILES string of the molecule is O=C(Nc1ccccc1)Nc1nc(CC(=O)N2CCN(c3ccccc3)CC2)cs1. The number of nitrogens with zero attached hydrogens (tertiary/aromatic N) is 3. The van der Waals surface area contributed by atoms with Gasteiger partial charge < -0.3 is 15.1 Å². The molecule has 0 saturated carbocycles. The van der Waals surface area contributed by atoms with Crippen LogP contribution in [0.25, 0.3) is 0 Å². The van der Waals surface area contributed by atoms with Gasteiger partial charge in [-0.05, 0) is 24.3 Å². The fourth-order valence-electron chi connectivity index (χ4n) is 3.35. The Morgan fingerprint density at radius 1 is 0.900 bits per heavy atom. The van der Waals surface area contributed by atoms with Crippen LogP contribution >= 0.6 is 11.3 Å². The van der Waals surface area contributed by atoms with Crippen LogP contribution in [0.4, 0.5) is 21.3 Å². The van der Waals surface area contributed by atoms with E-state index in [1.165, 1.54) is 17.0 Å². The van der Waals surface area contributed by atoms with Crippen molar-refractivity contribution >= 4 is 39.8 Å². The molecule has 1 aromatic heterocycles. The number of rotatable bonds is 5. The highest BCUT2D eigenvalue weighted by Crippen LogP contribution is 2.19.